The van der Waals surface area contributed by atoms with Crippen molar-refractivity contribution in [3.8, 4) is 6.07 Å². The van der Waals surface area contributed by atoms with Crippen LogP contribution in [0.2, 0.25) is 0 Å². The van der Waals surface area contributed by atoms with E-state index in [0.717, 1.165) is 23.7 Å². The van der Waals surface area contributed by atoms with Crippen LogP contribution in [0.15, 0.2) is 16.7 Å². The Hall–Kier alpha value is -0.880. The maximum absolute atomic E-state index is 8.84. The summed E-state index contributed by atoms with van der Waals surface area (Å²) in [7, 11) is 0. The maximum atomic E-state index is 8.84. The first-order chi connectivity index (χ1) is 7.05. The second kappa shape index (κ2) is 5.27. The minimum absolute atomic E-state index is 0.203. The molecule has 1 heterocycles. The van der Waals surface area contributed by atoms with Crippen molar-refractivity contribution in [3.63, 3.8) is 0 Å². The highest BCUT2D eigenvalue weighted by Crippen LogP contribution is 2.24. The lowest BCUT2D eigenvalue weighted by atomic mass is 9.93. The van der Waals surface area contributed by atoms with Crippen molar-refractivity contribution in [1.82, 2.24) is 0 Å². The summed E-state index contributed by atoms with van der Waals surface area (Å²) >= 11 is 1.82. The molecule has 0 saturated carbocycles. The minimum Gasteiger partial charge on any atom is -0.468 e. The van der Waals surface area contributed by atoms with Gasteiger partial charge in [-0.2, -0.15) is 17.0 Å². The summed E-state index contributed by atoms with van der Waals surface area (Å²) in [4.78, 5) is 0. The molecule has 0 aliphatic rings. The summed E-state index contributed by atoms with van der Waals surface area (Å²) in [6, 6.07) is 4.29. The van der Waals surface area contributed by atoms with E-state index in [9.17, 15) is 0 Å². The molecule has 0 aromatic carbocycles. The molecule has 0 atom stereocenters. The highest BCUT2D eigenvalue weighted by atomic mass is 32.2. The van der Waals surface area contributed by atoms with Crippen molar-refractivity contribution in [2.24, 2.45) is 5.41 Å². The molecule has 3 heteroatoms. The molecule has 0 bridgehead atoms. The van der Waals surface area contributed by atoms with Gasteiger partial charge in [-0.3, -0.25) is 0 Å². The SMILES string of the molecule is Cc1ccoc1CSCCC(C)(C)C#N. The van der Waals surface area contributed by atoms with E-state index in [1.165, 1.54) is 5.56 Å². The Morgan fingerprint density at radius 3 is 2.80 bits per heavy atom. The number of hydrogen-bond donors (Lipinski definition) is 0. The Morgan fingerprint density at radius 1 is 1.53 bits per heavy atom. The van der Waals surface area contributed by atoms with Crippen molar-refractivity contribution in [3.05, 3.63) is 23.7 Å². The van der Waals surface area contributed by atoms with Gasteiger partial charge in [0.1, 0.15) is 5.76 Å². The van der Waals surface area contributed by atoms with E-state index in [4.69, 9.17) is 9.68 Å². The second-order valence-electron chi connectivity index (χ2n) is 4.33. The number of aryl methyl sites for hydroxylation is 1. The molecule has 0 aliphatic carbocycles. The first-order valence-electron chi connectivity index (χ1n) is 5.07. The van der Waals surface area contributed by atoms with E-state index < -0.39 is 0 Å². The van der Waals surface area contributed by atoms with Crippen molar-refractivity contribution in [2.75, 3.05) is 5.75 Å². The van der Waals surface area contributed by atoms with Crippen LogP contribution >= 0.6 is 11.8 Å². The Bertz CT molecular complexity index is 349. The molecular weight excluding hydrogens is 206 g/mol. The maximum Gasteiger partial charge on any atom is 0.116 e. The summed E-state index contributed by atoms with van der Waals surface area (Å²) in [6.45, 7) is 6.01. The van der Waals surface area contributed by atoms with E-state index in [1.54, 1.807) is 6.26 Å². The fraction of sp³-hybridized carbons (Fsp3) is 0.583. The topological polar surface area (TPSA) is 36.9 Å². The molecule has 0 radical (unpaired) electrons. The normalized spacial score (nSPS) is 11.3. The lowest BCUT2D eigenvalue weighted by Crippen LogP contribution is -2.08. The molecule has 1 aromatic heterocycles. The van der Waals surface area contributed by atoms with Crippen molar-refractivity contribution in [1.29, 1.82) is 5.26 Å². The molecule has 0 spiro atoms. The van der Waals surface area contributed by atoms with Crippen LogP contribution in [0.5, 0.6) is 0 Å². The summed E-state index contributed by atoms with van der Waals surface area (Å²) in [6.07, 6.45) is 2.65. The van der Waals surface area contributed by atoms with Crippen LogP contribution in [0, 0.1) is 23.7 Å². The molecule has 0 unspecified atom stereocenters. The van der Waals surface area contributed by atoms with Gasteiger partial charge in [0, 0.05) is 0 Å². The Balaban J connectivity index is 2.24. The average Bonchev–Trinajstić information content (AvgIpc) is 2.59. The van der Waals surface area contributed by atoms with Gasteiger partial charge >= 0.3 is 0 Å². The van der Waals surface area contributed by atoms with Gasteiger partial charge in [-0.15, -0.1) is 0 Å². The third-order valence-electron chi connectivity index (χ3n) is 2.38. The fourth-order valence-corrected chi connectivity index (χ4v) is 2.38. The highest BCUT2D eigenvalue weighted by molar-refractivity contribution is 7.98. The first-order valence-corrected chi connectivity index (χ1v) is 6.22. The lowest BCUT2D eigenvalue weighted by molar-refractivity contribution is 0.481. The van der Waals surface area contributed by atoms with Gasteiger partial charge in [0.15, 0.2) is 0 Å². The van der Waals surface area contributed by atoms with Crippen LogP contribution in [0.1, 0.15) is 31.6 Å². The van der Waals surface area contributed by atoms with E-state index >= 15 is 0 Å². The predicted octanol–water partition coefficient (Wildman–Crippen LogP) is 3.76. The third-order valence-corrected chi connectivity index (χ3v) is 3.33. The van der Waals surface area contributed by atoms with Crippen LogP contribution in [0.3, 0.4) is 0 Å². The van der Waals surface area contributed by atoms with E-state index in [-0.39, 0.29) is 5.41 Å². The van der Waals surface area contributed by atoms with Crippen molar-refractivity contribution in [2.45, 2.75) is 32.9 Å². The third kappa shape index (κ3) is 4.01. The molecule has 1 aromatic rings. The standard InChI is InChI=1S/C12H17NOS/c1-10-4-6-14-11(10)8-15-7-5-12(2,3)9-13/h4,6H,5,7-8H2,1-3H3. The number of hydrogen-bond acceptors (Lipinski definition) is 3. The molecule has 15 heavy (non-hydrogen) atoms. The molecular formula is C12H17NOS. The summed E-state index contributed by atoms with van der Waals surface area (Å²) < 4.78 is 5.34. The fourth-order valence-electron chi connectivity index (χ4n) is 1.10. The Labute approximate surface area is 95.7 Å². The van der Waals surface area contributed by atoms with Crippen molar-refractivity contribution >= 4 is 11.8 Å². The van der Waals surface area contributed by atoms with Gasteiger partial charge in [-0.25, -0.2) is 0 Å². The van der Waals surface area contributed by atoms with Crippen LogP contribution in [0.4, 0.5) is 0 Å². The van der Waals surface area contributed by atoms with Gasteiger partial charge < -0.3 is 4.42 Å². The molecule has 0 N–H and O–H groups in total. The molecule has 82 valence electrons. The number of nitrogens with zero attached hydrogens (tertiary/aromatic N) is 1. The number of furan rings is 1. The predicted molar refractivity (Wildman–Crippen MR) is 63.6 cm³/mol. The molecule has 0 fully saturated rings. The highest BCUT2D eigenvalue weighted by Gasteiger charge is 2.15. The number of rotatable bonds is 5. The second-order valence-corrected chi connectivity index (χ2v) is 5.43. The van der Waals surface area contributed by atoms with Gasteiger partial charge in [-0.1, -0.05) is 0 Å². The first kappa shape index (κ1) is 12.2. The average molecular weight is 223 g/mol. The van der Waals surface area contributed by atoms with Crippen LogP contribution in [-0.4, -0.2) is 5.75 Å². The smallest absolute Gasteiger partial charge is 0.116 e. The van der Waals surface area contributed by atoms with Gasteiger partial charge in [0.2, 0.25) is 0 Å². The van der Waals surface area contributed by atoms with Gasteiger partial charge in [0.05, 0.1) is 23.5 Å². The van der Waals surface area contributed by atoms with Crippen LogP contribution in [-0.2, 0) is 5.75 Å². The van der Waals surface area contributed by atoms with Crippen LogP contribution in [0.25, 0.3) is 0 Å². The lowest BCUT2D eigenvalue weighted by Gasteiger charge is -2.13. The number of nitriles is 1. The molecule has 0 saturated heterocycles. The van der Waals surface area contributed by atoms with Gasteiger partial charge in [-0.05, 0) is 44.6 Å². The van der Waals surface area contributed by atoms with E-state index in [2.05, 4.69) is 13.0 Å². The Morgan fingerprint density at radius 2 is 2.27 bits per heavy atom. The van der Waals surface area contributed by atoms with Gasteiger partial charge in [0.25, 0.3) is 0 Å². The molecule has 1 rings (SSSR count). The summed E-state index contributed by atoms with van der Waals surface area (Å²) in [5, 5.41) is 8.84. The largest absolute Gasteiger partial charge is 0.468 e. The molecule has 0 aliphatic heterocycles. The zero-order valence-electron chi connectivity index (χ0n) is 9.54. The van der Waals surface area contributed by atoms with Crippen molar-refractivity contribution < 1.29 is 4.42 Å². The zero-order chi connectivity index (χ0) is 11.3. The quantitative estimate of drug-likeness (QED) is 0.713. The minimum atomic E-state index is -0.203. The number of thioether (sulfide) groups is 1. The zero-order valence-corrected chi connectivity index (χ0v) is 10.4. The monoisotopic (exact) mass is 223 g/mol. The van der Waals surface area contributed by atoms with E-state index in [0.29, 0.717) is 0 Å². The summed E-state index contributed by atoms with van der Waals surface area (Å²) in [5.74, 6) is 2.95. The molecule has 2 nitrogen and oxygen atoms in total. The van der Waals surface area contributed by atoms with Crippen LogP contribution < -0.4 is 0 Å². The summed E-state index contributed by atoms with van der Waals surface area (Å²) in [5.41, 5.74) is 1.01. The molecule has 0 amide bonds. The Kier molecular flexibility index (Phi) is 4.28. The van der Waals surface area contributed by atoms with E-state index in [1.807, 2.05) is 31.7 Å².